The Balaban J connectivity index is 1.38. The number of carbonyl (C=O) groups is 3. The number of hydrogen-bond donors (Lipinski definition) is 1. The molecule has 28 heavy (non-hydrogen) atoms. The zero-order valence-electron chi connectivity index (χ0n) is 15.1. The second-order valence-corrected chi connectivity index (χ2v) is 7.83. The van der Waals surface area contributed by atoms with E-state index in [9.17, 15) is 18.8 Å². The number of amides is 3. The Kier molecular flexibility index (Phi) is 3.80. The number of benzene rings is 1. The van der Waals surface area contributed by atoms with Crippen LogP contribution in [0.25, 0.3) is 0 Å². The standard InChI is InChI=1S/C20H20FN3O4/c21-13-3-1-12(2-4-13)9-24-11-20-6-5-14(28-20)16(17(20)19(24)27)18(26)23-8-7-22-15(25)10-23/h1-6,14,16-17H,7-11H2,(H,22,25)/t14-,16+,17+,20-/m0/s1. The van der Waals surface area contributed by atoms with Gasteiger partial charge in [0.25, 0.3) is 0 Å². The molecule has 0 aromatic heterocycles. The van der Waals surface area contributed by atoms with E-state index in [1.807, 2.05) is 12.2 Å². The Morgan fingerprint density at radius 2 is 2.07 bits per heavy atom. The minimum Gasteiger partial charge on any atom is -0.360 e. The number of ether oxygens (including phenoxy) is 1. The third kappa shape index (κ3) is 2.55. The van der Waals surface area contributed by atoms with Gasteiger partial charge in [0.2, 0.25) is 17.7 Å². The molecule has 1 aromatic carbocycles. The lowest BCUT2D eigenvalue weighted by atomic mass is 9.76. The van der Waals surface area contributed by atoms with Crippen molar-refractivity contribution in [2.75, 3.05) is 26.2 Å². The van der Waals surface area contributed by atoms with Crippen molar-refractivity contribution in [1.82, 2.24) is 15.1 Å². The predicted octanol–water partition coefficient (Wildman–Crippen LogP) is 0.0661. The van der Waals surface area contributed by atoms with Gasteiger partial charge >= 0.3 is 0 Å². The highest BCUT2D eigenvalue weighted by Gasteiger charge is 2.67. The zero-order valence-corrected chi connectivity index (χ0v) is 15.1. The fourth-order valence-electron chi connectivity index (χ4n) is 4.84. The van der Waals surface area contributed by atoms with Gasteiger partial charge in [-0.3, -0.25) is 14.4 Å². The normalized spacial score (nSPS) is 33.4. The Labute approximate surface area is 161 Å². The lowest BCUT2D eigenvalue weighted by Gasteiger charge is -2.32. The third-order valence-electron chi connectivity index (χ3n) is 6.10. The number of nitrogens with zero attached hydrogens (tertiary/aromatic N) is 2. The first kappa shape index (κ1) is 17.4. The maximum atomic E-state index is 13.2. The van der Waals surface area contributed by atoms with Gasteiger partial charge in [-0.05, 0) is 17.7 Å². The maximum Gasteiger partial charge on any atom is 0.239 e. The molecule has 4 atom stereocenters. The van der Waals surface area contributed by atoms with Crippen molar-refractivity contribution in [2.45, 2.75) is 18.2 Å². The highest BCUT2D eigenvalue weighted by Crippen LogP contribution is 2.52. The molecule has 146 valence electrons. The molecule has 3 saturated heterocycles. The monoisotopic (exact) mass is 385 g/mol. The molecule has 7 nitrogen and oxygen atoms in total. The van der Waals surface area contributed by atoms with Crippen LogP contribution in [0.3, 0.4) is 0 Å². The van der Waals surface area contributed by atoms with Crippen molar-refractivity contribution in [2.24, 2.45) is 11.8 Å². The summed E-state index contributed by atoms with van der Waals surface area (Å²) in [5.41, 5.74) is 0.0281. The molecule has 1 aromatic rings. The molecular formula is C20H20FN3O4. The Morgan fingerprint density at radius 1 is 1.29 bits per heavy atom. The van der Waals surface area contributed by atoms with Crippen molar-refractivity contribution >= 4 is 17.7 Å². The number of fused-ring (bicyclic) bond motifs is 1. The van der Waals surface area contributed by atoms with Crippen molar-refractivity contribution < 1.29 is 23.5 Å². The summed E-state index contributed by atoms with van der Waals surface area (Å²) < 4.78 is 19.3. The minimum atomic E-state index is -0.792. The van der Waals surface area contributed by atoms with Crippen LogP contribution in [-0.2, 0) is 25.7 Å². The number of piperazine rings is 1. The van der Waals surface area contributed by atoms with Gasteiger partial charge < -0.3 is 19.9 Å². The SMILES string of the molecule is O=C1CN(C(=O)[C@@H]2[C@@H]3C=C[C@@]4(CN(Cc5ccc(F)cc5)C(=O)[C@@H]24)O3)CCN1. The second-order valence-electron chi connectivity index (χ2n) is 7.83. The van der Waals surface area contributed by atoms with Crippen LogP contribution < -0.4 is 5.32 Å². The van der Waals surface area contributed by atoms with E-state index in [-0.39, 0.29) is 30.1 Å². The van der Waals surface area contributed by atoms with Gasteiger partial charge in [-0.15, -0.1) is 0 Å². The summed E-state index contributed by atoms with van der Waals surface area (Å²) in [5, 5.41) is 2.70. The summed E-state index contributed by atoms with van der Waals surface area (Å²) in [6.45, 7) is 1.57. The molecule has 4 heterocycles. The summed E-state index contributed by atoms with van der Waals surface area (Å²) in [6.07, 6.45) is 3.33. The molecule has 3 fully saturated rings. The Hall–Kier alpha value is -2.74. The molecule has 1 spiro atoms. The molecule has 4 aliphatic heterocycles. The van der Waals surface area contributed by atoms with Gasteiger partial charge in [0.1, 0.15) is 11.4 Å². The molecule has 4 aliphatic rings. The van der Waals surface area contributed by atoms with Crippen LogP contribution in [0.1, 0.15) is 5.56 Å². The van der Waals surface area contributed by atoms with Crippen LogP contribution in [-0.4, -0.2) is 65.4 Å². The Morgan fingerprint density at radius 3 is 2.82 bits per heavy atom. The van der Waals surface area contributed by atoms with Crippen molar-refractivity contribution in [1.29, 1.82) is 0 Å². The molecule has 8 heteroatoms. The first-order valence-electron chi connectivity index (χ1n) is 9.43. The smallest absolute Gasteiger partial charge is 0.239 e. The van der Waals surface area contributed by atoms with Crippen molar-refractivity contribution in [3.63, 3.8) is 0 Å². The van der Waals surface area contributed by atoms with E-state index in [0.717, 1.165) is 5.56 Å². The van der Waals surface area contributed by atoms with E-state index in [4.69, 9.17) is 4.74 Å². The number of rotatable bonds is 3. The van der Waals surface area contributed by atoms with Crippen LogP contribution >= 0.6 is 0 Å². The van der Waals surface area contributed by atoms with Crippen molar-refractivity contribution in [3.8, 4) is 0 Å². The van der Waals surface area contributed by atoms with E-state index in [2.05, 4.69) is 5.32 Å². The zero-order chi connectivity index (χ0) is 19.5. The fourth-order valence-corrected chi connectivity index (χ4v) is 4.84. The van der Waals surface area contributed by atoms with Gasteiger partial charge in [-0.25, -0.2) is 4.39 Å². The second kappa shape index (κ2) is 6.13. The fraction of sp³-hybridized carbons (Fsp3) is 0.450. The number of likely N-dealkylation sites (tertiary alicyclic amines) is 1. The number of nitrogens with one attached hydrogen (secondary N) is 1. The van der Waals surface area contributed by atoms with Crippen LogP contribution in [0.2, 0.25) is 0 Å². The lowest BCUT2D eigenvalue weighted by Crippen LogP contribution is -2.54. The summed E-state index contributed by atoms with van der Waals surface area (Å²) in [4.78, 5) is 41.2. The van der Waals surface area contributed by atoms with Gasteiger partial charge in [0.05, 0.1) is 31.0 Å². The molecule has 2 bridgehead atoms. The quantitative estimate of drug-likeness (QED) is 0.747. The summed E-state index contributed by atoms with van der Waals surface area (Å²) in [6, 6.07) is 6.03. The minimum absolute atomic E-state index is 0.0129. The summed E-state index contributed by atoms with van der Waals surface area (Å²) in [5.74, 6) is -2.04. The topological polar surface area (TPSA) is 79.0 Å². The van der Waals surface area contributed by atoms with Crippen LogP contribution in [0.15, 0.2) is 36.4 Å². The number of halogens is 1. The lowest BCUT2D eigenvalue weighted by molar-refractivity contribution is -0.146. The van der Waals surface area contributed by atoms with E-state index >= 15 is 0 Å². The number of hydrogen-bond acceptors (Lipinski definition) is 4. The molecule has 0 saturated carbocycles. The van der Waals surface area contributed by atoms with Gasteiger partial charge in [-0.1, -0.05) is 24.3 Å². The largest absolute Gasteiger partial charge is 0.360 e. The van der Waals surface area contributed by atoms with Gasteiger partial charge in [-0.2, -0.15) is 0 Å². The average Bonchev–Trinajstić information content (AvgIpc) is 3.31. The van der Waals surface area contributed by atoms with Crippen LogP contribution in [0.5, 0.6) is 0 Å². The highest BCUT2D eigenvalue weighted by molar-refractivity contribution is 5.94. The van der Waals surface area contributed by atoms with E-state index in [0.29, 0.717) is 26.2 Å². The van der Waals surface area contributed by atoms with E-state index < -0.39 is 23.5 Å². The molecule has 0 radical (unpaired) electrons. The third-order valence-corrected chi connectivity index (χ3v) is 6.10. The number of carbonyl (C=O) groups excluding carboxylic acids is 3. The van der Waals surface area contributed by atoms with Crippen LogP contribution in [0.4, 0.5) is 4.39 Å². The maximum absolute atomic E-state index is 13.2. The molecule has 3 amide bonds. The predicted molar refractivity (Wildman–Crippen MR) is 95.1 cm³/mol. The molecule has 1 N–H and O–H groups in total. The molecule has 0 unspecified atom stereocenters. The average molecular weight is 385 g/mol. The molecule has 5 rings (SSSR count). The van der Waals surface area contributed by atoms with E-state index in [1.54, 1.807) is 17.0 Å². The Bertz CT molecular complexity index is 886. The van der Waals surface area contributed by atoms with Gasteiger partial charge in [0, 0.05) is 19.6 Å². The first-order valence-corrected chi connectivity index (χ1v) is 9.43. The molecular weight excluding hydrogens is 365 g/mol. The van der Waals surface area contributed by atoms with Crippen LogP contribution in [0, 0.1) is 17.7 Å². The molecule has 0 aliphatic carbocycles. The van der Waals surface area contributed by atoms with Crippen molar-refractivity contribution in [3.05, 3.63) is 47.8 Å². The summed E-state index contributed by atoms with van der Waals surface area (Å²) >= 11 is 0. The van der Waals surface area contributed by atoms with Gasteiger partial charge in [0.15, 0.2) is 0 Å². The summed E-state index contributed by atoms with van der Waals surface area (Å²) in [7, 11) is 0. The highest BCUT2D eigenvalue weighted by atomic mass is 19.1. The van der Waals surface area contributed by atoms with E-state index in [1.165, 1.54) is 17.0 Å². The first-order chi connectivity index (χ1) is 13.5.